The minimum atomic E-state index is -1.16. The van der Waals surface area contributed by atoms with Crippen molar-refractivity contribution in [2.24, 2.45) is 9.98 Å². The molecule has 1 unspecified atom stereocenters. The van der Waals surface area contributed by atoms with Gasteiger partial charge in [-0.1, -0.05) is 0 Å². The molecule has 158 valence electrons. The van der Waals surface area contributed by atoms with Crippen LogP contribution in [0.3, 0.4) is 0 Å². The highest BCUT2D eigenvalue weighted by atomic mass is 16.5. The van der Waals surface area contributed by atoms with E-state index in [1.54, 1.807) is 24.3 Å². The van der Waals surface area contributed by atoms with Crippen molar-refractivity contribution in [2.75, 3.05) is 39.5 Å². The first-order valence-corrected chi connectivity index (χ1v) is 9.66. The molecule has 4 rings (SSSR count). The number of hydrogen-bond donors (Lipinski definition) is 5. The highest BCUT2D eigenvalue weighted by molar-refractivity contribution is 6.41. The average molecular weight is 413 g/mol. The molecular formula is C20H23N5O5. The molecule has 0 spiro atoms. The van der Waals surface area contributed by atoms with Crippen LogP contribution in [0, 0.1) is 0 Å². The lowest BCUT2D eigenvalue weighted by Gasteiger charge is -2.37. The van der Waals surface area contributed by atoms with Crippen molar-refractivity contribution >= 4 is 23.3 Å². The number of aliphatic imine (C=N–C) groups is 2. The standard InChI is InChI=1S/C20H23N5O5/c26-8-5-21-14-11-15(19(28)29)22-18-16(12-1-3-13(27)4-2-12)23-20(24-17(14)18)25-6-9-30-10-7-25/h1-4,11,17,21,26-27H,5-10H2,(H,23,24)(H,28,29). The van der Waals surface area contributed by atoms with Gasteiger partial charge in [-0.2, -0.15) is 0 Å². The van der Waals surface area contributed by atoms with Crippen molar-refractivity contribution in [3.63, 3.8) is 0 Å². The number of nitrogens with zero attached hydrogens (tertiary/aromatic N) is 3. The molecule has 3 aliphatic heterocycles. The molecule has 0 aromatic heterocycles. The minimum Gasteiger partial charge on any atom is -0.508 e. The van der Waals surface area contributed by atoms with Crippen LogP contribution in [0.1, 0.15) is 5.56 Å². The number of morpholine rings is 1. The lowest BCUT2D eigenvalue weighted by atomic mass is 9.98. The Hall–Kier alpha value is -3.37. The Kier molecular flexibility index (Phi) is 5.68. The number of aliphatic carboxylic acids is 1. The molecule has 0 radical (unpaired) electrons. The maximum atomic E-state index is 11.7. The smallest absolute Gasteiger partial charge is 0.354 e. The van der Waals surface area contributed by atoms with Gasteiger partial charge < -0.3 is 35.6 Å². The first-order valence-electron chi connectivity index (χ1n) is 9.66. The van der Waals surface area contributed by atoms with Gasteiger partial charge in [0, 0.05) is 30.9 Å². The number of phenols is 1. The Balaban J connectivity index is 1.83. The zero-order valence-corrected chi connectivity index (χ0v) is 16.2. The molecule has 10 heteroatoms. The monoisotopic (exact) mass is 413 g/mol. The zero-order chi connectivity index (χ0) is 21.1. The van der Waals surface area contributed by atoms with Gasteiger partial charge >= 0.3 is 5.97 Å². The summed E-state index contributed by atoms with van der Waals surface area (Å²) in [6.45, 7) is 2.68. The molecule has 3 aliphatic rings. The largest absolute Gasteiger partial charge is 0.508 e. The van der Waals surface area contributed by atoms with E-state index in [1.165, 1.54) is 6.08 Å². The van der Waals surface area contributed by atoms with Gasteiger partial charge in [-0.05, 0) is 30.3 Å². The number of aliphatic hydroxyl groups excluding tert-OH is 1. The quantitative estimate of drug-likeness (QED) is 0.444. The molecular weight excluding hydrogens is 390 g/mol. The fraction of sp³-hybridized carbons (Fsp3) is 0.350. The number of hydrogen-bond acceptors (Lipinski definition) is 9. The highest BCUT2D eigenvalue weighted by Crippen LogP contribution is 2.32. The van der Waals surface area contributed by atoms with E-state index in [2.05, 4.69) is 20.5 Å². The van der Waals surface area contributed by atoms with E-state index in [4.69, 9.17) is 9.73 Å². The van der Waals surface area contributed by atoms with E-state index in [9.17, 15) is 20.1 Å². The number of guanidine groups is 1. The summed E-state index contributed by atoms with van der Waals surface area (Å²) in [5, 5.41) is 34.9. The van der Waals surface area contributed by atoms with E-state index in [0.29, 0.717) is 54.9 Å². The molecule has 1 fully saturated rings. The summed E-state index contributed by atoms with van der Waals surface area (Å²) in [5.41, 5.74) is 2.15. The number of carboxylic acids is 1. The van der Waals surface area contributed by atoms with Crippen LogP contribution in [0.4, 0.5) is 0 Å². The van der Waals surface area contributed by atoms with Gasteiger partial charge in [0.15, 0.2) is 5.96 Å². The number of benzene rings is 1. The summed E-state index contributed by atoms with van der Waals surface area (Å²) < 4.78 is 5.43. The number of dihydropyridines is 1. The van der Waals surface area contributed by atoms with Crippen molar-refractivity contribution in [3.05, 3.63) is 47.3 Å². The molecule has 10 nitrogen and oxygen atoms in total. The second-order valence-corrected chi connectivity index (χ2v) is 6.95. The summed E-state index contributed by atoms with van der Waals surface area (Å²) in [6.07, 6.45) is 1.47. The van der Waals surface area contributed by atoms with Gasteiger partial charge in [0.2, 0.25) is 0 Å². The van der Waals surface area contributed by atoms with Crippen LogP contribution in [0.15, 0.2) is 51.7 Å². The van der Waals surface area contributed by atoms with E-state index in [0.717, 1.165) is 0 Å². The topological polar surface area (TPSA) is 139 Å². The number of fused-ring (bicyclic) bond motifs is 1. The van der Waals surface area contributed by atoms with Gasteiger partial charge in [0.1, 0.15) is 17.5 Å². The Morgan fingerprint density at radius 2 is 1.97 bits per heavy atom. The maximum Gasteiger partial charge on any atom is 0.354 e. The number of ether oxygens (including phenoxy) is 1. The van der Waals surface area contributed by atoms with Crippen molar-refractivity contribution in [1.82, 2.24) is 15.5 Å². The Labute approximate surface area is 172 Å². The van der Waals surface area contributed by atoms with E-state index >= 15 is 0 Å². The fourth-order valence-corrected chi connectivity index (χ4v) is 3.50. The van der Waals surface area contributed by atoms with Crippen LogP contribution < -0.4 is 10.6 Å². The lowest BCUT2D eigenvalue weighted by Crippen LogP contribution is -2.54. The maximum absolute atomic E-state index is 11.7. The van der Waals surface area contributed by atoms with Crippen molar-refractivity contribution in [2.45, 2.75) is 6.04 Å². The molecule has 0 saturated carbocycles. The molecule has 3 heterocycles. The molecule has 5 N–H and O–H groups in total. The predicted molar refractivity (Wildman–Crippen MR) is 110 cm³/mol. The third kappa shape index (κ3) is 4.00. The summed E-state index contributed by atoms with van der Waals surface area (Å²) >= 11 is 0. The van der Waals surface area contributed by atoms with Crippen LogP contribution in [0.2, 0.25) is 0 Å². The second kappa shape index (κ2) is 8.56. The highest BCUT2D eigenvalue weighted by Gasteiger charge is 2.34. The second-order valence-electron chi connectivity index (χ2n) is 6.95. The molecule has 1 aromatic rings. The van der Waals surface area contributed by atoms with Gasteiger partial charge in [0.25, 0.3) is 0 Å². The number of rotatable bonds is 5. The molecule has 1 atom stereocenters. The zero-order valence-electron chi connectivity index (χ0n) is 16.2. The third-order valence-electron chi connectivity index (χ3n) is 4.96. The molecule has 0 aliphatic carbocycles. The fourth-order valence-electron chi connectivity index (χ4n) is 3.50. The summed E-state index contributed by atoms with van der Waals surface area (Å²) in [7, 11) is 0. The first kappa shape index (κ1) is 19.9. The number of nitrogens with one attached hydrogen (secondary N) is 2. The number of aromatic hydroxyl groups is 1. The van der Waals surface area contributed by atoms with Gasteiger partial charge in [-0.3, -0.25) is 0 Å². The average Bonchev–Trinajstić information content (AvgIpc) is 2.77. The van der Waals surface area contributed by atoms with Crippen LogP contribution in [-0.2, 0) is 9.53 Å². The first-order chi connectivity index (χ1) is 14.6. The Morgan fingerprint density at radius 3 is 2.63 bits per heavy atom. The Bertz CT molecular complexity index is 945. The summed E-state index contributed by atoms with van der Waals surface area (Å²) in [5.74, 6) is -0.395. The van der Waals surface area contributed by atoms with Crippen molar-refractivity contribution in [1.29, 1.82) is 0 Å². The molecule has 1 aromatic carbocycles. The van der Waals surface area contributed by atoms with Crippen LogP contribution in [-0.4, -0.2) is 83.4 Å². The van der Waals surface area contributed by atoms with Crippen LogP contribution in [0.5, 0.6) is 5.75 Å². The van der Waals surface area contributed by atoms with E-state index < -0.39 is 12.0 Å². The van der Waals surface area contributed by atoms with Crippen LogP contribution in [0.25, 0.3) is 5.70 Å². The van der Waals surface area contributed by atoms with Gasteiger partial charge in [0.05, 0.1) is 31.2 Å². The predicted octanol–water partition coefficient (Wildman–Crippen LogP) is -0.274. The van der Waals surface area contributed by atoms with Crippen molar-refractivity contribution < 1.29 is 24.9 Å². The number of carbonyl (C=O) groups is 1. The molecule has 0 bridgehead atoms. The molecule has 1 saturated heterocycles. The van der Waals surface area contributed by atoms with Gasteiger partial charge in [-0.15, -0.1) is 0 Å². The lowest BCUT2D eigenvalue weighted by molar-refractivity contribution is -0.129. The van der Waals surface area contributed by atoms with Crippen LogP contribution >= 0.6 is 0 Å². The number of aliphatic hydroxyl groups is 1. The summed E-state index contributed by atoms with van der Waals surface area (Å²) in [6, 6.07) is 6.08. The van der Waals surface area contributed by atoms with E-state index in [1.807, 2.05) is 0 Å². The normalized spacial score (nSPS) is 21.2. The SMILES string of the molecule is O=C(O)C1=NC2=C(c3ccc(O)cc3)N=C(N3CCOCC3)NC2C(NCCO)=C1. The third-order valence-corrected chi connectivity index (χ3v) is 4.96. The minimum absolute atomic E-state index is 0.0993. The van der Waals surface area contributed by atoms with Gasteiger partial charge in [-0.25, -0.2) is 14.8 Å². The molecule has 0 amide bonds. The summed E-state index contributed by atoms with van der Waals surface area (Å²) in [4.78, 5) is 22.9. The molecule has 30 heavy (non-hydrogen) atoms. The van der Waals surface area contributed by atoms with Crippen molar-refractivity contribution in [3.8, 4) is 5.75 Å². The Morgan fingerprint density at radius 1 is 1.23 bits per heavy atom. The number of phenolic OH excluding ortho intramolecular Hbond substituents is 1. The van der Waals surface area contributed by atoms with E-state index in [-0.39, 0.29) is 24.6 Å². The number of carboxylic acid groups (broad SMARTS) is 1.